The van der Waals surface area contributed by atoms with Crippen LogP contribution in [0.3, 0.4) is 0 Å². The van der Waals surface area contributed by atoms with Crippen LogP contribution in [0.4, 0.5) is 0 Å². The van der Waals surface area contributed by atoms with E-state index >= 15 is 0 Å². The van der Waals surface area contributed by atoms with Crippen molar-refractivity contribution in [1.29, 1.82) is 0 Å². The molecule has 2 fully saturated rings. The molecule has 2 rings (SSSR count). The maximum atomic E-state index is 5.44. The lowest BCUT2D eigenvalue weighted by Crippen LogP contribution is -2.60. The fourth-order valence-electron chi connectivity index (χ4n) is 2.18. The monoisotopic (exact) mass is 170 g/mol. The van der Waals surface area contributed by atoms with E-state index in [1.165, 1.54) is 26.1 Å². The number of likely N-dealkylation sites (N-methyl/N-ethyl adjacent to an activating group) is 1. The second-order valence-corrected chi connectivity index (χ2v) is 3.88. The maximum absolute atomic E-state index is 5.44. The second-order valence-electron chi connectivity index (χ2n) is 3.88. The van der Waals surface area contributed by atoms with Gasteiger partial charge in [0.2, 0.25) is 0 Å². The Bertz CT molecular complexity index is 155. The molecule has 12 heavy (non-hydrogen) atoms. The van der Waals surface area contributed by atoms with Gasteiger partial charge in [0.1, 0.15) is 0 Å². The molecule has 1 atom stereocenters. The van der Waals surface area contributed by atoms with Crippen LogP contribution in [0.15, 0.2) is 0 Å². The summed E-state index contributed by atoms with van der Waals surface area (Å²) in [6.07, 6.45) is 1.18. The van der Waals surface area contributed by atoms with E-state index in [9.17, 15) is 0 Å². The Morgan fingerprint density at radius 2 is 2.50 bits per heavy atom. The fourth-order valence-corrected chi connectivity index (χ4v) is 2.18. The number of hydrogen-bond acceptors (Lipinski definition) is 3. The molecule has 0 radical (unpaired) electrons. The molecule has 1 N–H and O–H groups in total. The molecule has 1 spiro atoms. The van der Waals surface area contributed by atoms with Gasteiger partial charge in [-0.2, -0.15) is 0 Å². The van der Waals surface area contributed by atoms with Gasteiger partial charge in [0.15, 0.2) is 0 Å². The summed E-state index contributed by atoms with van der Waals surface area (Å²) in [5.74, 6) is 0. The Hall–Kier alpha value is -0.120. The van der Waals surface area contributed by atoms with E-state index in [-0.39, 0.29) is 0 Å². The summed E-state index contributed by atoms with van der Waals surface area (Å²) in [4.78, 5) is 2.51. The van der Waals surface area contributed by atoms with Crippen LogP contribution in [-0.2, 0) is 4.74 Å². The lowest BCUT2D eigenvalue weighted by Gasteiger charge is -2.40. The molecule has 3 nitrogen and oxygen atoms in total. The first-order valence-electron chi connectivity index (χ1n) is 4.90. The van der Waals surface area contributed by atoms with E-state index in [1.807, 2.05) is 0 Å². The van der Waals surface area contributed by atoms with Gasteiger partial charge in [0.05, 0.1) is 12.1 Å². The zero-order chi connectivity index (χ0) is 8.44. The number of rotatable bonds is 1. The lowest BCUT2D eigenvalue weighted by atomic mass is 9.96. The van der Waals surface area contributed by atoms with Crippen molar-refractivity contribution in [1.82, 2.24) is 10.2 Å². The number of hydrogen-bond donors (Lipinski definition) is 1. The van der Waals surface area contributed by atoms with Crippen molar-refractivity contribution >= 4 is 0 Å². The predicted octanol–water partition coefficient (Wildman–Crippen LogP) is 0.0706. The van der Waals surface area contributed by atoms with Crippen molar-refractivity contribution in [3.8, 4) is 0 Å². The maximum Gasteiger partial charge on any atom is 0.0661 e. The fraction of sp³-hybridized carbons (Fsp3) is 1.00. The van der Waals surface area contributed by atoms with Crippen LogP contribution in [0.5, 0.6) is 0 Å². The highest BCUT2D eigenvalue weighted by Crippen LogP contribution is 2.21. The van der Waals surface area contributed by atoms with Crippen LogP contribution >= 0.6 is 0 Å². The summed E-state index contributed by atoms with van der Waals surface area (Å²) >= 11 is 0. The third kappa shape index (κ3) is 1.49. The summed E-state index contributed by atoms with van der Waals surface area (Å²) in [6, 6.07) is 0. The first-order chi connectivity index (χ1) is 5.85. The topological polar surface area (TPSA) is 24.5 Å². The summed E-state index contributed by atoms with van der Waals surface area (Å²) in [7, 11) is 0. The Morgan fingerprint density at radius 1 is 1.58 bits per heavy atom. The Kier molecular flexibility index (Phi) is 2.35. The highest BCUT2D eigenvalue weighted by atomic mass is 16.5. The molecule has 0 bridgehead atoms. The Labute approximate surface area is 74.1 Å². The molecule has 0 aliphatic carbocycles. The van der Waals surface area contributed by atoms with Gasteiger partial charge in [0.25, 0.3) is 0 Å². The van der Waals surface area contributed by atoms with Crippen molar-refractivity contribution in [2.45, 2.75) is 18.9 Å². The second kappa shape index (κ2) is 3.32. The van der Waals surface area contributed by atoms with Crippen LogP contribution in [0.2, 0.25) is 0 Å². The van der Waals surface area contributed by atoms with Crippen molar-refractivity contribution in [2.24, 2.45) is 0 Å². The Morgan fingerprint density at radius 3 is 3.17 bits per heavy atom. The van der Waals surface area contributed by atoms with E-state index in [1.54, 1.807) is 0 Å². The normalized spacial score (nSPS) is 37.8. The molecular weight excluding hydrogens is 152 g/mol. The van der Waals surface area contributed by atoms with Crippen LogP contribution in [0.1, 0.15) is 13.3 Å². The largest absolute Gasteiger partial charge is 0.379 e. The number of nitrogens with one attached hydrogen (secondary N) is 1. The predicted molar refractivity (Wildman–Crippen MR) is 48.3 cm³/mol. The van der Waals surface area contributed by atoms with Gasteiger partial charge in [-0.1, -0.05) is 6.92 Å². The number of piperazine rings is 1. The van der Waals surface area contributed by atoms with E-state index in [4.69, 9.17) is 4.74 Å². The van der Waals surface area contributed by atoms with E-state index in [0.29, 0.717) is 5.54 Å². The van der Waals surface area contributed by atoms with Gasteiger partial charge in [-0.15, -0.1) is 0 Å². The molecule has 0 amide bonds. The minimum absolute atomic E-state index is 0.300. The average Bonchev–Trinajstić information content (AvgIpc) is 2.53. The zero-order valence-corrected chi connectivity index (χ0v) is 7.81. The molecule has 0 aromatic rings. The minimum atomic E-state index is 0.300. The highest BCUT2D eigenvalue weighted by Gasteiger charge is 2.37. The molecule has 0 aromatic carbocycles. The van der Waals surface area contributed by atoms with Gasteiger partial charge >= 0.3 is 0 Å². The third-order valence-corrected chi connectivity index (χ3v) is 3.00. The van der Waals surface area contributed by atoms with Gasteiger partial charge < -0.3 is 15.0 Å². The molecule has 0 unspecified atom stereocenters. The van der Waals surface area contributed by atoms with E-state index in [0.717, 1.165) is 19.8 Å². The molecule has 2 saturated heterocycles. The molecule has 2 aliphatic rings. The summed E-state index contributed by atoms with van der Waals surface area (Å²) in [5.41, 5.74) is 0.300. The SMILES string of the molecule is CCN1CCN[C@@]2(CCOC2)C1. The van der Waals surface area contributed by atoms with E-state index < -0.39 is 0 Å². The quantitative estimate of drug-likeness (QED) is 0.603. The standard InChI is InChI=1S/C9H18N2O/c1-2-11-5-4-10-9(7-11)3-6-12-8-9/h10H,2-8H2,1H3/t9-/m0/s1. The van der Waals surface area contributed by atoms with Crippen molar-refractivity contribution < 1.29 is 4.74 Å². The summed E-state index contributed by atoms with van der Waals surface area (Å²) in [5, 5.41) is 3.59. The molecule has 2 heterocycles. The smallest absolute Gasteiger partial charge is 0.0661 e. The zero-order valence-electron chi connectivity index (χ0n) is 7.81. The van der Waals surface area contributed by atoms with Crippen LogP contribution in [-0.4, -0.2) is 49.8 Å². The average molecular weight is 170 g/mol. The first-order valence-corrected chi connectivity index (χ1v) is 4.90. The van der Waals surface area contributed by atoms with Crippen LogP contribution in [0.25, 0.3) is 0 Å². The van der Waals surface area contributed by atoms with Gasteiger partial charge in [-0.25, -0.2) is 0 Å². The summed E-state index contributed by atoms with van der Waals surface area (Å²) in [6.45, 7) is 8.73. The molecule has 3 heteroatoms. The molecule has 0 saturated carbocycles. The molecular formula is C9H18N2O. The highest BCUT2D eigenvalue weighted by molar-refractivity contribution is 4.97. The summed E-state index contributed by atoms with van der Waals surface area (Å²) < 4.78 is 5.44. The minimum Gasteiger partial charge on any atom is -0.379 e. The van der Waals surface area contributed by atoms with Crippen molar-refractivity contribution in [3.05, 3.63) is 0 Å². The lowest BCUT2D eigenvalue weighted by molar-refractivity contribution is 0.108. The van der Waals surface area contributed by atoms with Gasteiger partial charge in [-0.3, -0.25) is 0 Å². The van der Waals surface area contributed by atoms with Gasteiger partial charge in [0, 0.05) is 26.2 Å². The van der Waals surface area contributed by atoms with Crippen LogP contribution < -0.4 is 5.32 Å². The molecule has 0 aromatic heterocycles. The van der Waals surface area contributed by atoms with Crippen molar-refractivity contribution in [3.63, 3.8) is 0 Å². The third-order valence-electron chi connectivity index (χ3n) is 3.00. The number of nitrogens with zero attached hydrogens (tertiary/aromatic N) is 1. The molecule has 70 valence electrons. The molecule has 2 aliphatic heterocycles. The number of ether oxygens (including phenoxy) is 1. The van der Waals surface area contributed by atoms with Gasteiger partial charge in [-0.05, 0) is 13.0 Å². The Balaban J connectivity index is 1.97. The van der Waals surface area contributed by atoms with E-state index in [2.05, 4.69) is 17.1 Å². The first kappa shape index (κ1) is 8.48. The van der Waals surface area contributed by atoms with Crippen LogP contribution in [0, 0.1) is 0 Å². The van der Waals surface area contributed by atoms with Crippen molar-refractivity contribution in [2.75, 3.05) is 39.4 Å².